The third kappa shape index (κ3) is 4.24. The van der Waals surface area contributed by atoms with Crippen LogP contribution in [0.15, 0.2) is 29.4 Å². The van der Waals surface area contributed by atoms with Crippen LogP contribution < -0.4 is 4.74 Å². The van der Waals surface area contributed by atoms with Crippen LogP contribution in [-0.2, 0) is 0 Å². The van der Waals surface area contributed by atoms with Gasteiger partial charge in [-0.05, 0) is 69.1 Å². The zero-order chi connectivity index (χ0) is 13.5. The summed E-state index contributed by atoms with van der Waals surface area (Å²) in [7, 11) is 0. The Kier molecular flexibility index (Phi) is 5.21. The molecule has 1 aliphatic heterocycles. The maximum absolute atomic E-state index is 8.69. The van der Waals surface area contributed by atoms with Crippen molar-refractivity contribution in [2.24, 2.45) is 5.16 Å². The molecule has 0 radical (unpaired) electrons. The molecule has 1 aliphatic rings. The van der Waals surface area contributed by atoms with Crippen molar-refractivity contribution in [3.8, 4) is 5.75 Å². The lowest BCUT2D eigenvalue weighted by Crippen LogP contribution is -2.21. The van der Waals surface area contributed by atoms with Crippen molar-refractivity contribution in [2.75, 3.05) is 26.2 Å². The van der Waals surface area contributed by atoms with Gasteiger partial charge in [0.15, 0.2) is 0 Å². The van der Waals surface area contributed by atoms with Crippen molar-refractivity contribution >= 4 is 5.71 Å². The van der Waals surface area contributed by atoms with Crippen molar-refractivity contribution in [1.82, 2.24) is 4.90 Å². The summed E-state index contributed by atoms with van der Waals surface area (Å²) < 4.78 is 5.71. The highest BCUT2D eigenvalue weighted by Crippen LogP contribution is 2.13. The molecule has 0 spiro atoms. The first-order chi connectivity index (χ1) is 9.29. The predicted molar refractivity (Wildman–Crippen MR) is 76.2 cm³/mol. The van der Waals surface area contributed by atoms with Crippen LogP contribution >= 0.6 is 0 Å². The molecule has 1 N–H and O–H groups in total. The molecular weight excluding hydrogens is 240 g/mol. The highest BCUT2D eigenvalue weighted by atomic mass is 16.5. The molecule has 1 heterocycles. The minimum Gasteiger partial charge on any atom is -0.494 e. The molecule has 1 aromatic carbocycles. The molecule has 0 aliphatic carbocycles. The van der Waals surface area contributed by atoms with E-state index in [9.17, 15) is 0 Å². The molecule has 4 nitrogen and oxygen atoms in total. The molecule has 2 rings (SSSR count). The van der Waals surface area contributed by atoms with Gasteiger partial charge in [0, 0.05) is 6.54 Å². The Bertz CT molecular complexity index is 409. The molecule has 0 atom stereocenters. The number of rotatable bonds is 6. The van der Waals surface area contributed by atoms with Crippen molar-refractivity contribution in [2.45, 2.75) is 26.2 Å². The molecule has 4 heteroatoms. The molecule has 0 saturated carbocycles. The van der Waals surface area contributed by atoms with Crippen LogP contribution in [-0.4, -0.2) is 42.1 Å². The van der Waals surface area contributed by atoms with E-state index < -0.39 is 0 Å². The van der Waals surface area contributed by atoms with E-state index in [1.54, 1.807) is 6.92 Å². The van der Waals surface area contributed by atoms with E-state index in [-0.39, 0.29) is 0 Å². The number of hydrogen-bond acceptors (Lipinski definition) is 4. The van der Waals surface area contributed by atoms with Crippen molar-refractivity contribution in [1.29, 1.82) is 0 Å². The lowest BCUT2D eigenvalue weighted by atomic mass is 10.1. The topological polar surface area (TPSA) is 45.1 Å². The number of ether oxygens (including phenoxy) is 1. The second kappa shape index (κ2) is 7.14. The molecule has 19 heavy (non-hydrogen) atoms. The molecule has 1 saturated heterocycles. The lowest BCUT2D eigenvalue weighted by molar-refractivity contribution is 0.263. The average Bonchev–Trinajstić information content (AvgIpc) is 2.96. The van der Waals surface area contributed by atoms with E-state index in [1.165, 1.54) is 25.9 Å². The molecule has 0 amide bonds. The summed E-state index contributed by atoms with van der Waals surface area (Å²) >= 11 is 0. The molecule has 104 valence electrons. The number of benzene rings is 1. The van der Waals surface area contributed by atoms with Crippen LogP contribution in [0, 0.1) is 0 Å². The Morgan fingerprint density at radius 2 is 1.95 bits per heavy atom. The quantitative estimate of drug-likeness (QED) is 0.371. The Morgan fingerprint density at radius 3 is 2.58 bits per heavy atom. The van der Waals surface area contributed by atoms with Gasteiger partial charge in [-0.15, -0.1) is 0 Å². The van der Waals surface area contributed by atoms with Crippen molar-refractivity contribution in [3.05, 3.63) is 29.8 Å². The predicted octanol–water partition coefficient (Wildman–Crippen LogP) is 2.75. The zero-order valence-electron chi connectivity index (χ0n) is 11.5. The summed E-state index contributed by atoms with van der Waals surface area (Å²) in [6, 6.07) is 7.65. The van der Waals surface area contributed by atoms with Gasteiger partial charge in [-0.1, -0.05) is 5.16 Å². The number of likely N-dealkylation sites (tertiary alicyclic amines) is 1. The fraction of sp³-hybridized carbons (Fsp3) is 0.533. The van der Waals surface area contributed by atoms with Crippen LogP contribution in [0.3, 0.4) is 0 Å². The lowest BCUT2D eigenvalue weighted by Gasteiger charge is -2.14. The van der Waals surface area contributed by atoms with Gasteiger partial charge in [-0.25, -0.2) is 0 Å². The van der Waals surface area contributed by atoms with E-state index >= 15 is 0 Å². The van der Waals surface area contributed by atoms with Crippen LogP contribution in [0.5, 0.6) is 5.75 Å². The van der Waals surface area contributed by atoms with E-state index in [0.29, 0.717) is 5.71 Å². The minimum absolute atomic E-state index is 0.612. The Labute approximate surface area is 114 Å². The van der Waals surface area contributed by atoms with Gasteiger partial charge in [0.1, 0.15) is 5.75 Å². The maximum atomic E-state index is 8.69. The third-order valence-electron chi connectivity index (χ3n) is 3.51. The Morgan fingerprint density at radius 1 is 1.26 bits per heavy atom. The van der Waals surface area contributed by atoms with E-state index in [4.69, 9.17) is 9.94 Å². The SMILES string of the molecule is CC(=NO)c1ccc(OCCCN2CCCC2)cc1. The summed E-state index contributed by atoms with van der Waals surface area (Å²) in [6.45, 7) is 6.14. The molecule has 1 fully saturated rings. The first kappa shape index (κ1) is 13.9. The van der Waals surface area contributed by atoms with Gasteiger partial charge in [0.25, 0.3) is 0 Å². The van der Waals surface area contributed by atoms with Crippen LogP contribution in [0.25, 0.3) is 0 Å². The second-order valence-electron chi connectivity index (χ2n) is 4.96. The highest BCUT2D eigenvalue weighted by molar-refractivity contribution is 5.98. The summed E-state index contributed by atoms with van der Waals surface area (Å²) in [5, 5.41) is 11.9. The summed E-state index contributed by atoms with van der Waals surface area (Å²) in [5.41, 5.74) is 1.52. The van der Waals surface area contributed by atoms with Crippen LogP contribution in [0.4, 0.5) is 0 Å². The maximum Gasteiger partial charge on any atom is 0.119 e. The minimum atomic E-state index is 0.612. The smallest absolute Gasteiger partial charge is 0.119 e. The van der Waals surface area contributed by atoms with Crippen LogP contribution in [0.2, 0.25) is 0 Å². The largest absolute Gasteiger partial charge is 0.494 e. The van der Waals surface area contributed by atoms with Gasteiger partial charge in [0.05, 0.1) is 12.3 Å². The molecule has 0 unspecified atom stereocenters. The van der Waals surface area contributed by atoms with Crippen LogP contribution in [0.1, 0.15) is 31.7 Å². The molecule has 0 aromatic heterocycles. The average molecular weight is 262 g/mol. The van der Waals surface area contributed by atoms with Gasteiger partial charge in [0.2, 0.25) is 0 Å². The highest BCUT2D eigenvalue weighted by Gasteiger charge is 2.10. The van der Waals surface area contributed by atoms with Gasteiger partial charge >= 0.3 is 0 Å². The molecule has 0 bridgehead atoms. The standard InChI is InChI=1S/C15H22N2O2/c1-13(16-18)14-5-7-15(8-6-14)19-12-4-11-17-9-2-3-10-17/h5-8,18H,2-4,9-12H2,1H3. The summed E-state index contributed by atoms with van der Waals surface area (Å²) in [6.07, 6.45) is 3.75. The van der Waals surface area contributed by atoms with E-state index in [2.05, 4.69) is 10.1 Å². The third-order valence-corrected chi connectivity index (χ3v) is 3.51. The zero-order valence-corrected chi connectivity index (χ0v) is 11.5. The Balaban J connectivity index is 1.70. The number of hydrogen-bond donors (Lipinski definition) is 1. The van der Waals surface area contributed by atoms with E-state index in [1.807, 2.05) is 24.3 Å². The van der Waals surface area contributed by atoms with Crippen molar-refractivity contribution < 1.29 is 9.94 Å². The van der Waals surface area contributed by atoms with E-state index in [0.717, 1.165) is 30.9 Å². The Hall–Kier alpha value is -1.55. The van der Waals surface area contributed by atoms with Gasteiger partial charge in [-0.2, -0.15) is 0 Å². The number of oxime groups is 1. The monoisotopic (exact) mass is 262 g/mol. The fourth-order valence-corrected chi connectivity index (χ4v) is 2.33. The van der Waals surface area contributed by atoms with Gasteiger partial charge in [-0.3, -0.25) is 0 Å². The molecular formula is C15H22N2O2. The summed E-state index contributed by atoms with van der Waals surface area (Å²) in [5.74, 6) is 0.871. The van der Waals surface area contributed by atoms with Gasteiger partial charge < -0.3 is 14.8 Å². The number of nitrogens with zero attached hydrogens (tertiary/aromatic N) is 2. The fourth-order valence-electron chi connectivity index (χ4n) is 2.33. The first-order valence-corrected chi connectivity index (χ1v) is 6.94. The normalized spacial score (nSPS) is 16.8. The van der Waals surface area contributed by atoms with Crippen molar-refractivity contribution in [3.63, 3.8) is 0 Å². The molecule has 1 aromatic rings. The second-order valence-corrected chi connectivity index (χ2v) is 4.96. The summed E-state index contributed by atoms with van der Waals surface area (Å²) in [4.78, 5) is 2.49. The first-order valence-electron chi connectivity index (χ1n) is 6.94.